The van der Waals surface area contributed by atoms with Gasteiger partial charge in [-0.25, -0.2) is 0 Å². The van der Waals surface area contributed by atoms with Crippen LogP contribution in [0.3, 0.4) is 0 Å². The van der Waals surface area contributed by atoms with Crippen molar-refractivity contribution in [2.45, 2.75) is 26.8 Å². The number of piperidine rings is 1. The van der Waals surface area contributed by atoms with E-state index < -0.39 is 0 Å². The van der Waals surface area contributed by atoms with Gasteiger partial charge in [-0.05, 0) is 56.4 Å². The first-order chi connectivity index (χ1) is 11.7. The summed E-state index contributed by atoms with van der Waals surface area (Å²) >= 11 is 0. The second-order valence-electron chi connectivity index (χ2n) is 7.25. The van der Waals surface area contributed by atoms with Crippen molar-refractivity contribution < 1.29 is 0 Å². The van der Waals surface area contributed by atoms with E-state index >= 15 is 0 Å². The maximum absolute atomic E-state index is 4.65. The first kappa shape index (κ1) is 15.5. The minimum absolute atomic E-state index is 0.728. The van der Waals surface area contributed by atoms with Gasteiger partial charge in [-0.3, -0.25) is 9.88 Å². The summed E-state index contributed by atoms with van der Waals surface area (Å²) in [5, 5.41) is 8.57. The minimum atomic E-state index is 0.728. The molecule has 4 rings (SSSR count). The zero-order valence-corrected chi connectivity index (χ0v) is 14.5. The Morgan fingerprint density at radius 2 is 1.83 bits per heavy atom. The molecule has 5 nitrogen and oxygen atoms in total. The third-order valence-electron chi connectivity index (χ3n) is 5.32. The van der Waals surface area contributed by atoms with E-state index in [2.05, 4.69) is 62.2 Å². The lowest BCUT2D eigenvalue weighted by atomic mass is 9.89. The van der Waals surface area contributed by atoms with Crippen LogP contribution in [0.25, 0.3) is 0 Å². The Morgan fingerprint density at radius 1 is 0.958 bits per heavy atom. The lowest BCUT2D eigenvalue weighted by Crippen LogP contribution is -2.40. The molecule has 2 fully saturated rings. The number of aromatic nitrogens is 3. The van der Waals surface area contributed by atoms with E-state index in [-0.39, 0.29) is 0 Å². The van der Waals surface area contributed by atoms with Crippen LogP contribution < -0.4 is 4.90 Å². The molecule has 2 aromatic rings. The van der Waals surface area contributed by atoms with Crippen molar-refractivity contribution in [1.29, 1.82) is 0 Å². The summed E-state index contributed by atoms with van der Waals surface area (Å²) in [7, 11) is 0. The van der Waals surface area contributed by atoms with Crippen molar-refractivity contribution in [1.82, 2.24) is 20.1 Å². The number of hydrogen-bond donors (Lipinski definition) is 0. The molecule has 0 amide bonds. The van der Waals surface area contributed by atoms with Gasteiger partial charge < -0.3 is 4.90 Å². The Kier molecular flexibility index (Phi) is 4.19. The highest BCUT2D eigenvalue weighted by Crippen LogP contribution is 2.33. The van der Waals surface area contributed by atoms with Crippen LogP contribution in [0.15, 0.2) is 30.3 Å². The van der Waals surface area contributed by atoms with Gasteiger partial charge in [0.25, 0.3) is 0 Å². The Hall–Kier alpha value is -2.01. The fourth-order valence-electron chi connectivity index (χ4n) is 4.08. The molecule has 0 spiro atoms. The molecule has 0 aliphatic carbocycles. The predicted octanol–water partition coefficient (Wildman–Crippen LogP) is 2.45. The second-order valence-corrected chi connectivity index (χ2v) is 7.25. The third-order valence-corrected chi connectivity index (χ3v) is 5.32. The number of likely N-dealkylation sites (tertiary alicyclic amines) is 1. The van der Waals surface area contributed by atoms with Gasteiger partial charge in [0.1, 0.15) is 0 Å². The van der Waals surface area contributed by atoms with E-state index in [0.717, 1.165) is 55.2 Å². The van der Waals surface area contributed by atoms with Crippen LogP contribution in [0.5, 0.6) is 0 Å². The van der Waals surface area contributed by atoms with Crippen LogP contribution in [0.2, 0.25) is 0 Å². The molecule has 2 saturated heterocycles. The Morgan fingerprint density at radius 3 is 2.62 bits per heavy atom. The number of rotatable bonds is 3. The fraction of sp³-hybridized carbons (Fsp3) is 0.526. The molecule has 126 valence electrons. The average molecular weight is 323 g/mol. The molecule has 0 N–H and O–H groups in total. The molecule has 4 heterocycles. The molecule has 2 atom stereocenters. The number of anilines is 1. The quantitative estimate of drug-likeness (QED) is 0.868. The molecule has 0 bridgehead atoms. The molecule has 2 aromatic heterocycles. The fourth-order valence-corrected chi connectivity index (χ4v) is 4.08. The molecule has 2 aliphatic rings. The van der Waals surface area contributed by atoms with Gasteiger partial charge in [0.05, 0.1) is 11.4 Å². The normalized spacial score (nSPS) is 24.2. The summed E-state index contributed by atoms with van der Waals surface area (Å²) < 4.78 is 0. The summed E-state index contributed by atoms with van der Waals surface area (Å²) in [5.41, 5.74) is 3.27. The number of aryl methyl sites for hydroxylation is 2. The van der Waals surface area contributed by atoms with Crippen molar-refractivity contribution in [3.8, 4) is 0 Å². The summed E-state index contributed by atoms with van der Waals surface area (Å²) in [4.78, 5) is 9.63. The van der Waals surface area contributed by atoms with Crippen molar-refractivity contribution in [3.63, 3.8) is 0 Å². The van der Waals surface area contributed by atoms with Crippen LogP contribution in [-0.4, -0.2) is 46.3 Å². The van der Waals surface area contributed by atoms with Crippen molar-refractivity contribution in [2.75, 3.05) is 31.1 Å². The lowest BCUT2D eigenvalue weighted by molar-refractivity contribution is 0.310. The predicted molar refractivity (Wildman–Crippen MR) is 94.8 cm³/mol. The molecule has 2 aliphatic heterocycles. The van der Waals surface area contributed by atoms with E-state index in [9.17, 15) is 0 Å². The van der Waals surface area contributed by atoms with E-state index in [1.54, 1.807) is 0 Å². The van der Waals surface area contributed by atoms with Crippen LogP contribution in [0.1, 0.15) is 23.5 Å². The van der Waals surface area contributed by atoms with Crippen LogP contribution in [0.4, 0.5) is 5.82 Å². The van der Waals surface area contributed by atoms with Crippen molar-refractivity contribution in [3.05, 3.63) is 47.4 Å². The Balaban J connectivity index is 1.39. The zero-order chi connectivity index (χ0) is 16.5. The number of fused-ring (bicyclic) bond motifs is 1. The summed E-state index contributed by atoms with van der Waals surface area (Å²) in [6.07, 6.45) is 1.25. The number of pyridine rings is 1. The minimum Gasteiger partial charge on any atom is -0.355 e. The highest BCUT2D eigenvalue weighted by molar-refractivity contribution is 5.38. The van der Waals surface area contributed by atoms with Crippen LogP contribution in [0, 0.1) is 25.7 Å². The molecule has 0 radical (unpaired) electrons. The van der Waals surface area contributed by atoms with Crippen molar-refractivity contribution in [2.24, 2.45) is 11.8 Å². The Bertz CT molecular complexity index is 699. The van der Waals surface area contributed by atoms with Gasteiger partial charge in [-0.2, -0.15) is 5.10 Å². The molecular weight excluding hydrogens is 298 g/mol. The van der Waals surface area contributed by atoms with Crippen LogP contribution >= 0.6 is 0 Å². The molecule has 0 aromatic carbocycles. The second kappa shape index (κ2) is 6.48. The van der Waals surface area contributed by atoms with Gasteiger partial charge in [0, 0.05) is 38.4 Å². The van der Waals surface area contributed by atoms with Crippen molar-refractivity contribution >= 4 is 5.82 Å². The summed E-state index contributed by atoms with van der Waals surface area (Å²) in [5.74, 6) is 2.56. The van der Waals surface area contributed by atoms with Gasteiger partial charge in [-0.15, -0.1) is 5.10 Å². The zero-order valence-electron chi connectivity index (χ0n) is 14.5. The molecule has 24 heavy (non-hydrogen) atoms. The molecular formula is C19H25N5. The highest BCUT2D eigenvalue weighted by atomic mass is 15.3. The average Bonchev–Trinajstić information content (AvgIpc) is 2.97. The number of nitrogens with zero attached hydrogens (tertiary/aromatic N) is 5. The topological polar surface area (TPSA) is 45.2 Å². The van der Waals surface area contributed by atoms with Gasteiger partial charge in [0.2, 0.25) is 0 Å². The third kappa shape index (κ3) is 3.26. The molecule has 0 saturated carbocycles. The maximum atomic E-state index is 4.65. The Labute approximate surface area is 143 Å². The summed E-state index contributed by atoms with van der Waals surface area (Å²) in [6, 6.07) is 10.5. The molecule has 5 heteroatoms. The van der Waals surface area contributed by atoms with E-state index in [0.29, 0.717) is 0 Å². The molecule has 0 unspecified atom stereocenters. The lowest BCUT2D eigenvalue weighted by Gasteiger charge is -2.34. The standard InChI is InChI=1S/C19H25N5/c1-14-4-3-5-18(20-14)13-23-10-16-8-9-24(12-17(16)11-23)19-7-6-15(2)21-22-19/h3-7,16-17H,8-13H2,1-2H3/t16-,17-/m0/s1. The largest absolute Gasteiger partial charge is 0.355 e. The van der Waals surface area contributed by atoms with Crippen LogP contribution in [-0.2, 0) is 6.54 Å². The first-order valence-electron chi connectivity index (χ1n) is 8.87. The van der Waals surface area contributed by atoms with E-state index in [1.807, 2.05) is 6.92 Å². The van der Waals surface area contributed by atoms with Gasteiger partial charge >= 0.3 is 0 Å². The number of hydrogen-bond acceptors (Lipinski definition) is 5. The van der Waals surface area contributed by atoms with E-state index in [1.165, 1.54) is 18.7 Å². The maximum Gasteiger partial charge on any atom is 0.151 e. The van der Waals surface area contributed by atoms with E-state index in [4.69, 9.17) is 0 Å². The smallest absolute Gasteiger partial charge is 0.151 e. The van der Waals surface area contributed by atoms with Gasteiger partial charge in [-0.1, -0.05) is 6.07 Å². The first-order valence-corrected chi connectivity index (χ1v) is 8.87. The SMILES string of the molecule is Cc1ccc(N2CC[C@H]3CN(Cc4cccc(C)n4)C[C@H]3C2)nn1. The summed E-state index contributed by atoms with van der Waals surface area (Å²) in [6.45, 7) is 9.57. The monoisotopic (exact) mass is 323 g/mol. The highest BCUT2D eigenvalue weighted by Gasteiger charge is 2.37. The van der Waals surface area contributed by atoms with Gasteiger partial charge in [0.15, 0.2) is 5.82 Å².